The van der Waals surface area contributed by atoms with Crippen LogP contribution in [0, 0.1) is 13.8 Å². The van der Waals surface area contributed by atoms with E-state index in [1.165, 1.54) is 11.1 Å². The number of likely N-dealkylation sites (N-methyl/N-ethyl adjacent to an activating group) is 1. The van der Waals surface area contributed by atoms with Crippen LogP contribution < -0.4 is 4.90 Å². The first-order chi connectivity index (χ1) is 7.54. The summed E-state index contributed by atoms with van der Waals surface area (Å²) in [5, 5.41) is 0. The second-order valence-electron chi connectivity index (χ2n) is 3.95. The van der Waals surface area contributed by atoms with Gasteiger partial charge < -0.3 is 9.64 Å². The molecule has 0 unspecified atom stereocenters. The molecule has 0 amide bonds. The molecule has 0 atom stereocenters. The van der Waals surface area contributed by atoms with Crippen LogP contribution in [0.25, 0.3) is 0 Å². The van der Waals surface area contributed by atoms with E-state index in [9.17, 15) is 4.79 Å². The molecule has 0 N–H and O–H groups in total. The standard InChI is InChI=1S/C13H19NO2/c1-5-16-13(15)9-14(4)12-7-6-10(2)8-11(12)3/h6-8H,5,9H2,1-4H3. The number of benzene rings is 1. The van der Waals surface area contributed by atoms with E-state index in [1.54, 1.807) is 0 Å². The van der Waals surface area contributed by atoms with Crippen LogP contribution in [0.3, 0.4) is 0 Å². The molecule has 0 fully saturated rings. The maximum absolute atomic E-state index is 11.3. The topological polar surface area (TPSA) is 29.5 Å². The lowest BCUT2D eigenvalue weighted by atomic mass is 10.1. The third-order valence-corrected chi connectivity index (χ3v) is 2.44. The van der Waals surface area contributed by atoms with Crippen molar-refractivity contribution >= 4 is 11.7 Å². The summed E-state index contributed by atoms with van der Waals surface area (Å²) in [6.45, 7) is 6.64. The summed E-state index contributed by atoms with van der Waals surface area (Å²) in [5.41, 5.74) is 3.47. The molecule has 0 aliphatic rings. The molecular weight excluding hydrogens is 202 g/mol. The van der Waals surface area contributed by atoms with E-state index >= 15 is 0 Å². The molecule has 1 aromatic rings. The lowest BCUT2D eigenvalue weighted by Crippen LogP contribution is -2.27. The predicted octanol–water partition coefficient (Wildman–Crippen LogP) is 2.30. The number of rotatable bonds is 4. The number of nitrogens with zero attached hydrogens (tertiary/aromatic N) is 1. The quantitative estimate of drug-likeness (QED) is 0.731. The molecular formula is C13H19NO2. The van der Waals surface area contributed by atoms with Crippen LogP contribution >= 0.6 is 0 Å². The number of ether oxygens (including phenoxy) is 1. The monoisotopic (exact) mass is 221 g/mol. The highest BCUT2D eigenvalue weighted by molar-refractivity contribution is 5.76. The fraction of sp³-hybridized carbons (Fsp3) is 0.462. The first kappa shape index (κ1) is 12.6. The van der Waals surface area contributed by atoms with E-state index in [4.69, 9.17) is 4.74 Å². The fourth-order valence-electron chi connectivity index (χ4n) is 1.72. The van der Waals surface area contributed by atoms with Crippen molar-refractivity contribution in [3.8, 4) is 0 Å². The molecule has 1 rings (SSSR count). The third kappa shape index (κ3) is 3.26. The van der Waals surface area contributed by atoms with Gasteiger partial charge in [-0.2, -0.15) is 0 Å². The minimum absolute atomic E-state index is 0.190. The largest absolute Gasteiger partial charge is 0.465 e. The molecule has 0 bridgehead atoms. The Labute approximate surface area is 97.0 Å². The third-order valence-electron chi connectivity index (χ3n) is 2.44. The van der Waals surface area contributed by atoms with Gasteiger partial charge in [-0.1, -0.05) is 17.7 Å². The molecule has 0 aliphatic carbocycles. The Balaban J connectivity index is 2.72. The van der Waals surface area contributed by atoms with Crippen LogP contribution in [0.2, 0.25) is 0 Å². The van der Waals surface area contributed by atoms with Gasteiger partial charge in [-0.3, -0.25) is 4.79 Å². The summed E-state index contributed by atoms with van der Waals surface area (Å²) >= 11 is 0. The molecule has 0 spiro atoms. The van der Waals surface area contributed by atoms with Crippen molar-refractivity contribution in [2.24, 2.45) is 0 Å². The van der Waals surface area contributed by atoms with E-state index in [-0.39, 0.29) is 12.5 Å². The van der Waals surface area contributed by atoms with E-state index in [2.05, 4.69) is 13.0 Å². The van der Waals surface area contributed by atoms with Crippen molar-refractivity contribution in [1.82, 2.24) is 0 Å². The van der Waals surface area contributed by atoms with Gasteiger partial charge in [0, 0.05) is 12.7 Å². The normalized spacial score (nSPS) is 10.0. The molecule has 88 valence electrons. The van der Waals surface area contributed by atoms with Gasteiger partial charge in [0.2, 0.25) is 0 Å². The van der Waals surface area contributed by atoms with Crippen LogP contribution in [0.15, 0.2) is 18.2 Å². The smallest absolute Gasteiger partial charge is 0.325 e. The lowest BCUT2D eigenvalue weighted by Gasteiger charge is -2.20. The summed E-state index contributed by atoms with van der Waals surface area (Å²) in [5.74, 6) is -0.190. The van der Waals surface area contributed by atoms with Gasteiger partial charge in [0.15, 0.2) is 0 Å². The fourth-order valence-corrected chi connectivity index (χ4v) is 1.72. The van der Waals surface area contributed by atoms with Gasteiger partial charge in [-0.05, 0) is 32.4 Å². The van der Waals surface area contributed by atoms with Crippen molar-refractivity contribution in [2.75, 3.05) is 25.1 Å². The maximum atomic E-state index is 11.3. The van der Waals surface area contributed by atoms with E-state index in [0.717, 1.165) is 5.69 Å². The molecule has 0 saturated heterocycles. The number of hydrogen-bond donors (Lipinski definition) is 0. The minimum atomic E-state index is -0.190. The molecule has 0 aliphatic heterocycles. The Bertz CT molecular complexity index is 374. The molecule has 3 heteroatoms. The van der Waals surface area contributed by atoms with Gasteiger partial charge in [-0.15, -0.1) is 0 Å². The number of esters is 1. The van der Waals surface area contributed by atoms with Crippen LogP contribution in [-0.4, -0.2) is 26.2 Å². The Morgan fingerprint density at radius 1 is 1.38 bits per heavy atom. The number of hydrogen-bond acceptors (Lipinski definition) is 3. The van der Waals surface area contributed by atoms with Crippen LogP contribution in [0.1, 0.15) is 18.1 Å². The predicted molar refractivity (Wildman–Crippen MR) is 65.8 cm³/mol. The highest BCUT2D eigenvalue weighted by Gasteiger charge is 2.09. The second-order valence-corrected chi connectivity index (χ2v) is 3.95. The first-order valence-corrected chi connectivity index (χ1v) is 5.48. The Morgan fingerprint density at radius 3 is 2.62 bits per heavy atom. The maximum Gasteiger partial charge on any atom is 0.325 e. The zero-order valence-corrected chi connectivity index (χ0v) is 10.4. The van der Waals surface area contributed by atoms with Gasteiger partial charge in [0.1, 0.15) is 6.54 Å². The number of carbonyl (C=O) groups is 1. The highest BCUT2D eigenvalue weighted by atomic mass is 16.5. The van der Waals surface area contributed by atoms with Crippen molar-refractivity contribution in [1.29, 1.82) is 0 Å². The lowest BCUT2D eigenvalue weighted by molar-refractivity contribution is -0.141. The summed E-state index contributed by atoms with van der Waals surface area (Å²) in [7, 11) is 1.90. The average molecular weight is 221 g/mol. The number of anilines is 1. The van der Waals surface area contributed by atoms with Gasteiger partial charge >= 0.3 is 5.97 Å². The average Bonchev–Trinajstić information content (AvgIpc) is 2.17. The van der Waals surface area contributed by atoms with Crippen LogP contribution in [0.4, 0.5) is 5.69 Å². The van der Waals surface area contributed by atoms with Crippen molar-refractivity contribution in [3.05, 3.63) is 29.3 Å². The van der Waals surface area contributed by atoms with E-state index in [1.807, 2.05) is 37.9 Å². The zero-order chi connectivity index (χ0) is 12.1. The van der Waals surface area contributed by atoms with Crippen molar-refractivity contribution in [3.63, 3.8) is 0 Å². The minimum Gasteiger partial charge on any atom is -0.465 e. The number of carbonyl (C=O) groups excluding carboxylic acids is 1. The summed E-state index contributed by atoms with van der Waals surface area (Å²) in [6.07, 6.45) is 0. The van der Waals surface area contributed by atoms with Crippen molar-refractivity contribution in [2.45, 2.75) is 20.8 Å². The molecule has 0 radical (unpaired) electrons. The van der Waals surface area contributed by atoms with Gasteiger partial charge in [0.25, 0.3) is 0 Å². The van der Waals surface area contributed by atoms with Crippen LogP contribution in [0.5, 0.6) is 0 Å². The van der Waals surface area contributed by atoms with Gasteiger partial charge in [-0.25, -0.2) is 0 Å². The zero-order valence-electron chi connectivity index (χ0n) is 10.4. The van der Waals surface area contributed by atoms with Gasteiger partial charge in [0.05, 0.1) is 6.61 Å². The van der Waals surface area contributed by atoms with E-state index in [0.29, 0.717) is 6.61 Å². The molecule has 0 saturated carbocycles. The SMILES string of the molecule is CCOC(=O)CN(C)c1ccc(C)cc1C. The Morgan fingerprint density at radius 2 is 2.06 bits per heavy atom. The Kier molecular flexibility index (Phi) is 4.35. The highest BCUT2D eigenvalue weighted by Crippen LogP contribution is 2.19. The first-order valence-electron chi connectivity index (χ1n) is 5.48. The molecule has 16 heavy (non-hydrogen) atoms. The molecule has 0 heterocycles. The molecule has 3 nitrogen and oxygen atoms in total. The Hall–Kier alpha value is -1.51. The molecule has 1 aromatic carbocycles. The summed E-state index contributed by atoms with van der Waals surface area (Å²) in [6, 6.07) is 6.19. The van der Waals surface area contributed by atoms with Crippen LogP contribution in [-0.2, 0) is 9.53 Å². The summed E-state index contributed by atoms with van der Waals surface area (Å²) < 4.78 is 4.92. The second kappa shape index (κ2) is 5.54. The van der Waals surface area contributed by atoms with Crippen molar-refractivity contribution < 1.29 is 9.53 Å². The molecule has 0 aromatic heterocycles. The number of aryl methyl sites for hydroxylation is 2. The van der Waals surface area contributed by atoms with E-state index < -0.39 is 0 Å². The summed E-state index contributed by atoms with van der Waals surface area (Å²) in [4.78, 5) is 13.3.